The predicted molar refractivity (Wildman–Crippen MR) is 90.8 cm³/mol. The second-order valence-corrected chi connectivity index (χ2v) is 7.70. The minimum Gasteiger partial charge on any atom is -0.444 e. The normalized spacial score (nSPS) is 19.0. The number of amides is 1. The van der Waals surface area contributed by atoms with Crippen LogP contribution >= 0.6 is 0 Å². The average Bonchev–Trinajstić information content (AvgIpc) is 2.52. The van der Waals surface area contributed by atoms with Crippen LogP contribution in [0.2, 0.25) is 0 Å². The summed E-state index contributed by atoms with van der Waals surface area (Å²) in [6, 6.07) is -0.149. The largest absolute Gasteiger partial charge is 0.444 e. The van der Waals surface area contributed by atoms with Crippen molar-refractivity contribution in [3.05, 3.63) is 18.0 Å². The summed E-state index contributed by atoms with van der Waals surface area (Å²) in [5, 5.41) is 0. The van der Waals surface area contributed by atoms with Crippen LogP contribution in [0.5, 0.6) is 0 Å². The van der Waals surface area contributed by atoms with Crippen LogP contribution in [-0.4, -0.2) is 52.2 Å². The number of alkyl halides is 3. The molecule has 0 aliphatic carbocycles. The zero-order valence-electron chi connectivity index (χ0n) is 15.7. The van der Waals surface area contributed by atoms with Gasteiger partial charge in [0.05, 0.1) is 11.6 Å². The Labute approximate surface area is 151 Å². The first-order valence-corrected chi connectivity index (χ1v) is 8.52. The molecule has 146 valence electrons. The number of anilines is 1. The third-order valence-corrected chi connectivity index (χ3v) is 4.06. The molecule has 0 N–H and O–H groups in total. The summed E-state index contributed by atoms with van der Waals surface area (Å²) in [5.41, 5.74) is -1.47. The summed E-state index contributed by atoms with van der Waals surface area (Å²) >= 11 is 0. The van der Waals surface area contributed by atoms with Crippen LogP contribution in [0.15, 0.2) is 12.4 Å². The van der Waals surface area contributed by atoms with Crippen LogP contribution in [0.25, 0.3) is 0 Å². The SMILES string of the molecule is CC(C)C1CN(c2ncc(C(F)(F)F)cn2)CCN1C(=O)OC(C)(C)C. The molecule has 26 heavy (non-hydrogen) atoms. The fourth-order valence-corrected chi connectivity index (χ4v) is 2.74. The summed E-state index contributed by atoms with van der Waals surface area (Å²) in [4.78, 5) is 23.6. The Bertz CT molecular complexity index is 626. The van der Waals surface area contributed by atoms with Crippen LogP contribution in [0.1, 0.15) is 40.2 Å². The lowest BCUT2D eigenvalue weighted by Gasteiger charge is -2.43. The second-order valence-electron chi connectivity index (χ2n) is 7.70. The maximum Gasteiger partial charge on any atom is 0.419 e. The number of piperazine rings is 1. The van der Waals surface area contributed by atoms with E-state index < -0.39 is 17.3 Å². The van der Waals surface area contributed by atoms with Gasteiger partial charge in [0.15, 0.2) is 0 Å². The van der Waals surface area contributed by atoms with Crippen LogP contribution < -0.4 is 4.90 Å². The van der Waals surface area contributed by atoms with Gasteiger partial charge < -0.3 is 14.5 Å². The number of rotatable bonds is 2. The summed E-state index contributed by atoms with van der Waals surface area (Å²) in [6.45, 7) is 10.6. The van der Waals surface area contributed by atoms with Gasteiger partial charge in [-0.15, -0.1) is 0 Å². The second kappa shape index (κ2) is 7.28. The minimum atomic E-state index is -4.46. The Kier molecular flexibility index (Phi) is 5.67. The summed E-state index contributed by atoms with van der Waals surface area (Å²) in [5.74, 6) is 0.368. The molecule has 1 aromatic heterocycles. The molecule has 1 fully saturated rings. The first-order chi connectivity index (χ1) is 11.9. The molecule has 9 heteroatoms. The van der Waals surface area contributed by atoms with Crippen molar-refractivity contribution in [3.63, 3.8) is 0 Å². The van der Waals surface area contributed by atoms with Crippen molar-refractivity contribution < 1.29 is 22.7 Å². The highest BCUT2D eigenvalue weighted by atomic mass is 19.4. The van der Waals surface area contributed by atoms with E-state index >= 15 is 0 Å². The molecule has 1 unspecified atom stereocenters. The van der Waals surface area contributed by atoms with E-state index in [2.05, 4.69) is 9.97 Å². The maximum atomic E-state index is 12.7. The van der Waals surface area contributed by atoms with Crippen molar-refractivity contribution in [2.45, 2.75) is 52.4 Å². The third-order valence-electron chi connectivity index (χ3n) is 4.06. The van der Waals surface area contributed by atoms with Crippen molar-refractivity contribution in [3.8, 4) is 0 Å². The van der Waals surface area contributed by atoms with Crippen molar-refractivity contribution in [2.24, 2.45) is 5.92 Å². The molecule has 2 rings (SSSR count). The van der Waals surface area contributed by atoms with Gasteiger partial charge in [-0.25, -0.2) is 14.8 Å². The molecule has 6 nitrogen and oxygen atoms in total. The van der Waals surface area contributed by atoms with E-state index in [-0.39, 0.29) is 24.0 Å². The molecular formula is C17H25F3N4O2. The van der Waals surface area contributed by atoms with Crippen molar-refractivity contribution in [1.82, 2.24) is 14.9 Å². The Morgan fingerprint density at radius 2 is 1.77 bits per heavy atom. The number of nitrogens with zero attached hydrogens (tertiary/aromatic N) is 4. The van der Waals surface area contributed by atoms with Gasteiger partial charge in [-0.2, -0.15) is 13.2 Å². The number of aromatic nitrogens is 2. The molecule has 2 heterocycles. The molecular weight excluding hydrogens is 349 g/mol. The number of carbonyl (C=O) groups is 1. The molecule has 1 amide bonds. The van der Waals surface area contributed by atoms with E-state index in [0.29, 0.717) is 19.6 Å². The molecule has 0 aromatic carbocycles. The average molecular weight is 374 g/mol. The highest BCUT2D eigenvalue weighted by molar-refractivity contribution is 5.69. The zero-order chi connectivity index (χ0) is 19.7. The van der Waals surface area contributed by atoms with Crippen LogP contribution in [0.3, 0.4) is 0 Å². The van der Waals surface area contributed by atoms with E-state index in [1.165, 1.54) is 0 Å². The fraction of sp³-hybridized carbons (Fsp3) is 0.706. The lowest BCUT2D eigenvalue weighted by Crippen LogP contribution is -2.58. The first-order valence-electron chi connectivity index (χ1n) is 8.52. The minimum absolute atomic E-state index is 0.139. The van der Waals surface area contributed by atoms with E-state index in [4.69, 9.17) is 4.74 Å². The van der Waals surface area contributed by atoms with Gasteiger partial charge in [-0.05, 0) is 26.7 Å². The lowest BCUT2D eigenvalue weighted by atomic mass is 10.00. The number of hydrogen-bond donors (Lipinski definition) is 0. The van der Waals surface area contributed by atoms with Gasteiger partial charge in [0.25, 0.3) is 0 Å². The molecule has 0 spiro atoms. The van der Waals surface area contributed by atoms with Gasteiger partial charge >= 0.3 is 12.3 Å². The molecule has 0 radical (unpaired) electrons. The van der Waals surface area contributed by atoms with Gasteiger partial charge in [0.2, 0.25) is 5.95 Å². The smallest absolute Gasteiger partial charge is 0.419 e. The zero-order valence-corrected chi connectivity index (χ0v) is 15.7. The van der Waals surface area contributed by atoms with Gasteiger partial charge in [-0.1, -0.05) is 13.8 Å². The van der Waals surface area contributed by atoms with Crippen LogP contribution in [0, 0.1) is 5.92 Å². The van der Waals surface area contributed by atoms with Crippen LogP contribution in [0.4, 0.5) is 23.9 Å². The number of hydrogen-bond acceptors (Lipinski definition) is 5. The Balaban J connectivity index is 2.13. The molecule has 0 bridgehead atoms. The Hall–Kier alpha value is -2.06. The van der Waals surface area contributed by atoms with Crippen molar-refractivity contribution in [1.29, 1.82) is 0 Å². The van der Waals surface area contributed by atoms with Crippen molar-refractivity contribution in [2.75, 3.05) is 24.5 Å². The van der Waals surface area contributed by atoms with Gasteiger partial charge in [0, 0.05) is 32.0 Å². The van der Waals surface area contributed by atoms with E-state index in [1.807, 2.05) is 34.6 Å². The van der Waals surface area contributed by atoms with Gasteiger partial charge in [0.1, 0.15) is 5.60 Å². The van der Waals surface area contributed by atoms with Crippen LogP contribution in [-0.2, 0) is 10.9 Å². The first kappa shape index (κ1) is 20.3. The van der Waals surface area contributed by atoms with E-state index in [0.717, 1.165) is 12.4 Å². The molecule has 0 saturated carbocycles. The highest BCUT2D eigenvalue weighted by Gasteiger charge is 2.36. The van der Waals surface area contributed by atoms with Gasteiger partial charge in [-0.3, -0.25) is 0 Å². The molecule has 1 saturated heterocycles. The fourth-order valence-electron chi connectivity index (χ4n) is 2.74. The Morgan fingerprint density at radius 1 is 1.19 bits per heavy atom. The number of halogens is 3. The molecule has 1 aliphatic heterocycles. The summed E-state index contributed by atoms with van der Waals surface area (Å²) < 4.78 is 43.4. The number of carbonyl (C=O) groups excluding carboxylic acids is 1. The predicted octanol–water partition coefficient (Wildman–Crippen LogP) is 3.58. The number of ether oxygens (including phenoxy) is 1. The van der Waals surface area contributed by atoms with Crippen molar-refractivity contribution >= 4 is 12.0 Å². The summed E-state index contributed by atoms with van der Waals surface area (Å²) in [7, 11) is 0. The third kappa shape index (κ3) is 4.98. The molecule has 1 atom stereocenters. The van der Waals surface area contributed by atoms with E-state index in [9.17, 15) is 18.0 Å². The summed E-state index contributed by atoms with van der Waals surface area (Å²) in [6.07, 6.45) is -3.28. The van der Waals surface area contributed by atoms with E-state index in [1.54, 1.807) is 9.80 Å². The Morgan fingerprint density at radius 3 is 2.23 bits per heavy atom. The highest BCUT2D eigenvalue weighted by Crippen LogP contribution is 2.29. The monoisotopic (exact) mass is 374 g/mol. The standard InChI is InChI=1S/C17H25F3N4O2/c1-11(2)13-10-23(6-7-24(13)15(25)26-16(3,4)5)14-21-8-12(9-22-14)17(18,19)20/h8-9,11,13H,6-7,10H2,1-5H3. The quantitative estimate of drug-likeness (QED) is 0.792. The molecule has 1 aliphatic rings. The maximum absolute atomic E-state index is 12.7. The molecule has 1 aromatic rings. The topological polar surface area (TPSA) is 58.6 Å². The lowest BCUT2D eigenvalue weighted by molar-refractivity contribution is -0.138.